The maximum absolute atomic E-state index is 12.3. The van der Waals surface area contributed by atoms with E-state index in [2.05, 4.69) is 5.32 Å². The summed E-state index contributed by atoms with van der Waals surface area (Å²) >= 11 is 0. The molecule has 1 unspecified atom stereocenters. The van der Waals surface area contributed by atoms with Gasteiger partial charge >= 0.3 is 0 Å². The van der Waals surface area contributed by atoms with Crippen LogP contribution < -0.4 is 5.32 Å². The molecule has 19 heavy (non-hydrogen) atoms. The van der Waals surface area contributed by atoms with Crippen molar-refractivity contribution in [3.63, 3.8) is 0 Å². The highest BCUT2D eigenvalue weighted by Crippen LogP contribution is 2.13. The fourth-order valence-electron chi connectivity index (χ4n) is 2.01. The van der Waals surface area contributed by atoms with Crippen molar-refractivity contribution in [2.45, 2.75) is 31.9 Å². The molecule has 114 valence electrons. The lowest BCUT2D eigenvalue weighted by Crippen LogP contribution is -2.43. The van der Waals surface area contributed by atoms with Crippen molar-refractivity contribution in [3.05, 3.63) is 0 Å². The molecule has 1 rings (SSSR count). The molecule has 0 aromatic heterocycles. The highest BCUT2D eigenvalue weighted by Gasteiger charge is 2.31. The molecule has 1 N–H and O–H groups in total. The third-order valence-corrected chi connectivity index (χ3v) is 7.23. The first-order valence-electron chi connectivity index (χ1n) is 6.69. The number of sulfone groups is 1. The molecule has 0 saturated carbocycles. The van der Waals surface area contributed by atoms with E-state index in [4.69, 9.17) is 0 Å². The Kier molecular flexibility index (Phi) is 6.22. The molecule has 0 aromatic rings. The zero-order valence-corrected chi connectivity index (χ0v) is 13.3. The minimum atomic E-state index is -3.41. The van der Waals surface area contributed by atoms with E-state index < -0.39 is 25.1 Å². The largest absolute Gasteiger partial charge is 0.315 e. The van der Waals surface area contributed by atoms with E-state index in [9.17, 15) is 16.8 Å². The molecule has 6 nitrogen and oxygen atoms in total. The molecule has 0 radical (unpaired) electrons. The molecule has 0 aliphatic carbocycles. The minimum absolute atomic E-state index is 0.0681. The molecule has 1 aliphatic heterocycles. The molecule has 0 spiro atoms. The first-order chi connectivity index (χ1) is 8.79. The SMILES string of the molecule is CCCNCC(C)S(=O)(=O)N1CCCS(=O)(=O)CC1. The third-order valence-electron chi connectivity index (χ3n) is 3.24. The van der Waals surface area contributed by atoms with E-state index in [1.54, 1.807) is 6.92 Å². The summed E-state index contributed by atoms with van der Waals surface area (Å²) < 4.78 is 49.0. The first kappa shape index (κ1) is 16.9. The lowest BCUT2D eigenvalue weighted by atomic mass is 10.4. The molecular formula is C11H24N2O4S2. The van der Waals surface area contributed by atoms with Crippen molar-refractivity contribution in [1.82, 2.24) is 9.62 Å². The van der Waals surface area contributed by atoms with Gasteiger partial charge in [-0.3, -0.25) is 0 Å². The van der Waals surface area contributed by atoms with Crippen molar-refractivity contribution in [3.8, 4) is 0 Å². The smallest absolute Gasteiger partial charge is 0.217 e. The van der Waals surface area contributed by atoms with Crippen molar-refractivity contribution in [2.75, 3.05) is 37.7 Å². The fourth-order valence-corrected chi connectivity index (χ4v) is 4.97. The molecule has 1 fully saturated rings. The molecule has 0 bridgehead atoms. The van der Waals surface area contributed by atoms with Crippen LogP contribution in [0.25, 0.3) is 0 Å². The van der Waals surface area contributed by atoms with Crippen LogP contribution in [0.5, 0.6) is 0 Å². The second kappa shape index (κ2) is 7.01. The average molecular weight is 312 g/mol. The Hall–Kier alpha value is -0.180. The summed E-state index contributed by atoms with van der Waals surface area (Å²) in [4.78, 5) is 0. The number of nitrogens with zero attached hydrogens (tertiary/aromatic N) is 1. The van der Waals surface area contributed by atoms with E-state index in [1.165, 1.54) is 4.31 Å². The van der Waals surface area contributed by atoms with Gasteiger partial charge in [0.05, 0.1) is 16.8 Å². The predicted molar refractivity (Wildman–Crippen MR) is 76.4 cm³/mol. The summed E-state index contributed by atoms with van der Waals surface area (Å²) in [6, 6.07) is 0. The van der Waals surface area contributed by atoms with Crippen molar-refractivity contribution >= 4 is 19.9 Å². The van der Waals surface area contributed by atoms with Crippen LogP contribution >= 0.6 is 0 Å². The van der Waals surface area contributed by atoms with E-state index in [1.807, 2.05) is 6.92 Å². The molecule has 1 heterocycles. The normalized spacial score (nSPS) is 22.8. The Morgan fingerprint density at radius 3 is 2.58 bits per heavy atom. The Morgan fingerprint density at radius 1 is 1.26 bits per heavy atom. The minimum Gasteiger partial charge on any atom is -0.315 e. The van der Waals surface area contributed by atoms with Crippen molar-refractivity contribution < 1.29 is 16.8 Å². The van der Waals surface area contributed by atoms with Crippen LogP contribution in [0.3, 0.4) is 0 Å². The highest BCUT2D eigenvalue weighted by molar-refractivity contribution is 7.91. The molecule has 1 aliphatic rings. The van der Waals surface area contributed by atoms with Crippen LogP contribution in [-0.2, 0) is 19.9 Å². The van der Waals surface area contributed by atoms with Gasteiger partial charge in [-0.1, -0.05) is 6.92 Å². The monoisotopic (exact) mass is 312 g/mol. The fraction of sp³-hybridized carbons (Fsp3) is 1.00. The molecule has 8 heteroatoms. The van der Waals surface area contributed by atoms with Crippen molar-refractivity contribution in [1.29, 1.82) is 0 Å². The Balaban J connectivity index is 2.66. The van der Waals surface area contributed by atoms with Crippen molar-refractivity contribution in [2.24, 2.45) is 0 Å². The van der Waals surface area contributed by atoms with Crippen LogP contribution in [0.1, 0.15) is 26.7 Å². The topological polar surface area (TPSA) is 83.6 Å². The summed E-state index contributed by atoms with van der Waals surface area (Å²) in [7, 11) is -6.49. The number of hydrogen-bond acceptors (Lipinski definition) is 5. The molecule has 0 amide bonds. The van der Waals surface area contributed by atoms with E-state index in [0.717, 1.165) is 13.0 Å². The number of rotatable bonds is 6. The van der Waals surface area contributed by atoms with Crippen LogP contribution in [0.4, 0.5) is 0 Å². The maximum atomic E-state index is 12.3. The Morgan fingerprint density at radius 2 is 1.95 bits per heavy atom. The van der Waals surface area contributed by atoms with Crippen LogP contribution in [-0.4, -0.2) is 64.1 Å². The highest BCUT2D eigenvalue weighted by atomic mass is 32.2. The lowest BCUT2D eigenvalue weighted by molar-refractivity contribution is 0.424. The first-order valence-corrected chi connectivity index (χ1v) is 10.0. The summed E-state index contributed by atoms with van der Waals surface area (Å²) in [5, 5.41) is 2.56. The van der Waals surface area contributed by atoms with Gasteiger partial charge in [0, 0.05) is 19.6 Å². The van der Waals surface area contributed by atoms with Gasteiger partial charge in [-0.25, -0.2) is 21.1 Å². The quantitative estimate of drug-likeness (QED) is 0.688. The second-order valence-electron chi connectivity index (χ2n) is 4.96. The van der Waals surface area contributed by atoms with Gasteiger partial charge in [0.1, 0.15) is 0 Å². The third kappa shape index (κ3) is 5.02. The van der Waals surface area contributed by atoms with Gasteiger partial charge in [-0.05, 0) is 26.3 Å². The number of hydrogen-bond donors (Lipinski definition) is 1. The molecule has 1 saturated heterocycles. The van der Waals surface area contributed by atoms with Crippen LogP contribution in [0.2, 0.25) is 0 Å². The maximum Gasteiger partial charge on any atom is 0.217 e. The standard InChI is InChI=1S/C11H24N2O4S2/c1-3-5-12-10-11(2)19(16,17)13-6-4-8-18(14,15)9-7-13/h11-12H,3-10H2,1-2H3. The van der Waals surface area contributed by atoms with Crippen LogP contribution in [0.15, 0.2) is 0 Å². The zero-order valence-electron chi connectivity index (χ0n) is 11.6. The summed E-state index contributed by atoms with van der Waals surface area (Å²) in [5.74, 6) is 0.0167. The van der Waals surface area contributed by atoms with Gasteiger partial charge < -0.3 is 5.32 Å². The van der Waals surface area contributed by atoms with Gasteiger partial charge in [0.15, 0.2) is 9.84 Å². The van der Waals surface area contributed by atoms with Gasteiger partial charge in [0.2, 0.25) is 10.0 Å². The van der Waals surface area contributed by atoms with E-state index in [-0.39, 0.29) is 18.1 Å². The van der Waals surface area contributed by atoms with Crippen LogP contribution in [0, 0.1) is 0 Å². The van der Waals surface area contributed by atoms with E-state index >= 15 is 0 Å². The Bertz CT molecular complexity index is 473. The van der Waals surface area contributed by atoms with Gasteiger partial charge in [-0.15, -0.1) is 0 Å². The zero-order chi connectivity index (χ0) is 14.5. The average Bonchev–Trinajstić information content (AvgIpc) is 2.50. The predicted octanol–water partition coefficient (Wildman–Crippen LogP) is -0.175. The van der Waals surface area contributed by atoms with E-state index in [0.29, 0.717) is 19.5 Å². The number of sulfonamides is 1. The second-order valence-corrected chi connectivity index (χ2v) is 9.62. The summed E-state index contributed by atoms with van der Waals surface area (Å²) in [6.45, 7) is 5.26. The lowest BCUT2D eigenvalue weighted by Gasteiger charge is -2.24. The van der Waals surface area contributed by atoms with Gasteiger partial charge in [-0.2, -0.15) is 0 Å². The Labute approximate surface area is 116 Å². The molecular weight excluding hydrogens is 288 g/mol. The summed E-state index contributed by atoms with van der Waals surface area (Å²) in [5.41, 5.74) is 0. The summed E-state index contributed by atoms with van der Waals surface area (Å²) in [6.07, 6.45) is 1.34. The van der Waals surface area contributed by atoms with Gasteiger partial charge in [0.25, 0.3) is 0 Å². The molecule has 1 atom stereocenters. The number of nitrogens with one attached hydrogen (secondary N) is 1. The molecule has 0 aromatic carbocycles.